The summed E-state index contributed by atoms with van der Waals surface area (Å²) in [5.41, 5.74) is 6.64. The zero-order valence-corrected chi connectivity index (χ0v) is 12.5. The van der Waals surface area contributed by atoms with E-state index >= 15 is 0 Å². The van der Waals surface area contributed by atoms with Gasteiger partial charge in [0, 0.05) is 11.8 Å². The second-order valence-electron chi connectivity index (χ2n) is 4.98. The summed E-state index contributed by atoms with van der Waals surface area (Å²) in [5, 5.41) is 0. The van der Waals surface area contributed by atoms with E-state index in [1.165, 1.54) is 5.56 Å². The number of hydrogen-bond donors (Lipinski definition) is 0. The van der Waals surface area contributed by atoms with Gasteiger partial charge in [0.05, 0.1) is 17.3 Å². The smallest absolute Gasteiger partial charge is 0.140 e. The maximum absolute atomic E-state index is 6.15. The minimum atomic E-state index is 0.454. The Bertz CT molecular complexity index is 742. The van der Waals surface area contributed by atoms with Crippen LogP contribution in [-0.4, -0.2) is 9.38 Å². The first-order chi connectivity index (χ1) is 9.74. The molecule has 0 bridgehead atoms. The molecule has 0 N–H and O–H groups in total. The maximum Gasteiger partial charge on any atom is 0.140 e. The van der Waals surface area contributed by atoms with Crippen molar-refractivity contribution in [1.29, 1.82) is 0 Å². The van der Waals surface area contributed by atoms with Crippen molar-refractivity contribution >= 4 is 17.2 Å². The van der Waals surface area contributed by atoms with Crippen LogP contribution in [0.25, 0.3) is 16.9 Å². The highest BCUT2D eigenvalue weighted by Gasteiger charge is 2.14. The standard InChI is InChI=1S/C17H17ClN2/c1-3-13-6-8-14(9-7-13)16-15(11-18)20-10-4-5-12(2)17(20)19-16/h4-10H,3,11H2,1-2H3. The Labute approximate surface area is 124 Å². The van der Waals surface area contributed by atoms with E-state index < -0.39 is 0 Å². The number of pyridine rings is 1. The van der Waals surface area contributed by atoms with Crippen LogP contribution in [0.5, 0.6) is 0 Å². The van der Waals surface area contributed by atoms with Crippen LogP contribution in [0.15, 0.2) is 42.6 Å². The number of hydrogen-bond acceptors (Lipinski definition) is 1. The van der Waals surface area contributed by atoms with Crippen molar-refractivity contribution < 1.29 is 0 Å². The fourth-order valence-electron chi connectivity index (χ4n) is 2.51. The monoisotopic (exact) mass is 284 g/mol. The molecular weight excluding hydrogens is 268 g/mol. The minimum absolute atomic E-state index is 0.454. The van der Waals surface area contributed by atoms with Crippen LogP contribution in [0, 0.1) is 6.92 Å². The molecule has 0 spiro atoms. The Morgan fingerprint density at radius 3 is 2.55 bits per heavy atom. The molecule has 102 valence electrons. The van der Waals surface area contributed by atoms with E-state index in [1.54, 1.807) is 0 Å². The van der Waals surface area contributed by atoms with Gasteiger partial charge in [-0.3, -0.25) is 0 Å². The van der Waals surface area contributed by atoms with Crippen molar-refractivity contribution in [2.45, 2.75) is 26.1 Å². The highest BCUT2D eigenvalue weighted by Crippen LogP contribution is 2.27. The van der Waals surface area contributed by atoms with Crippen LogP contribution < -0.4 is 0 Å². The molecule has 0 saturated heterocycles. The molecule has 0 fully saturated rings. The summed E-state index contributed by atoms with van der Waals surface area (Å²) in [6.07, 6.45) is 3.07. The largest absolute Gasteiger partial charge is 0.302 e. The third kappa shape index (κ3) is 2.10. The van der Waals surface area contributed by atoms with Crippen LogP contribution in [0.3, 0.4) is 0 Å². The Balaban J connectivity index is 2.21. The van der Waals surface area contributed by atoms with Gasteiger partial charge in [-0.15, -0.1) is 11.6 Å². The number of rotatable bonds is 3. The lowest BCUT2D eigenvalue weighted by atomic mass is 10.1. The molecular formula is C17H17ClN2. The fraction of sp³-hybridized carbons (Fsp3) is 0.235. The van der Waals surface area contributed by atoms with E-state index in [-0.39, 0.29) is 0 Å². The molecule has 3 heteroatoms. The normalized spacial score (nSPS) is 11.2. The molecule has 0 atom stereocenters. The predicted molar refractivity (Wildman–Crippen MR) is 84.3 cm³/mol. The summed E-state index contributed by atoms with van der Waals surface area (Å²) in [6, 6.07) is 12.7. The lowest BCUT2D eigenvalue weighted by Gasteiger charge is -2.03. The van der Waals surface area contributed by atoms with Gasteiger partial charge in [0.25, 0.3) is 0 Å². The van der Waals surface area contributed by atoms with E-state index in [9.17, 15) is 0 Å². The van der Waals surface area contributed by atoms with Gasteiger partial charge >= 0.3 is 0 Å². The van der Waals surface area contributed by atoms with Gasteiger partial charge in [0.15, 0.2) is 0 Å². The summed E-state index contributed by atoms with van der Waals surface area (Å²) in [5.74, 6) is 0.454. The minimum Gasteiger partial charge on any atom is -0.302 e. The van der Waals surface area contributed by atoms with Crippen molar-refractivity contribution in [2.75, 3.05) is 0 Å². The highest BCUT2D eigenvalue weighted by atomic mass is 35.5. The van der Waals surface area contributed by atoms with Crippen molar-refractivity contribution in [3.63, 3.8) is 0 Å². The Morgan fingerprint density at radius 1 is 1.15 bits per heavy atom. The van der Waals surface area contributed by atoms with E-state index in [4.69, 9.17) is 16.6 Å². The SMILES string of the molecule is CCc1ccc(-c2nc3c(C)cccn3c2CCl)cc1. The van der Waals surface area contributed by atoms with Crippen molar-refractivity contribution in [2.24, 2.45) is 0 Å². The number of aryl methyl sites for hydroxylation is 2. The third-order valence-electron chi connectivity index (χ3n) is 3.71. The third-order valence-corrected chi connectivity index (χ3v) is 3.96. The fourth-order valence-corrected chi connectivity index (χ4v) is 2.77. The van der Waals surface area contributed by atoms with E-state index in [1.807, 2.05) is 12.3 Å². The van der Waals surface area contributed by atoms with Gasteiger partial charge in [0.2, 0.25) is 0 Å². The van der Waals surface area contributed by atoms with Crippen LogP contribution in [0.2, 0.25) is 0 Å². The Hall–Kier alpha value is -1.80. The lowest BCUT2D eigenvalue weighted by molar-refractivity contribution is 1.08. The van der Waals surface area contributed by atoms with E-state index in [0.29, 0.717) is 5.88 Å². The molecule has 0 aliphatic heterocycles. The summed E-state index contributed by atoms with van der Waals surface area (Å²) in [6.45, 7) is 4.23. The van der Waals surface area contributed by atoms with E-state index in [2.05, 4.69) is 48.6 Å². The van der Waals surface area contributed by atoms with Crippen LogP contribution in [0.1, 0.15) is 23.7 Å². The molecule has 0 aliphatic rings. The summed E-state index contributed by atoms with van der Waals surface area (Å²) >= 11 is 6.15. The lowest BCUT2D eigenvalue weighted by Crippen LogP contribution is -1.92. The molecule has 3 rings (SSSR count). The van der Waals surface area contributed by atoms with Gasteiger partial charge in [-0.25, -0.2) is 4.98 Å². The van der Waals surface area contributed by atoms with Crippen molar-refractivity contribution in [3.05, 3.63) is 59.4 Å². The molecule has 1 aromatic carbocycles. The summed E-state index contributed by atoms with van der Waals surface area (Å²) in [7, 11) is 0. The zero-order chi connectivity index (χ0) is 14.1. The molecule has 0 aliphatic carbocycles. The first-order valence-corrected chi connectivity index (χ1v) is 7.40. The number of alkyl halides is 1. The summed E-state index contributed by atoms with van der Waals surface area (Å²) < 4.78 is 2.09. The molecule has 2 heterocycles. The molecule has 0 saturated carbocycles. The van der Waals surface area contributed by atoms with Crippen LogP contribution >= 0.6 is 11.6 Å². The number of nitrogens with zero attached hydrogens (tertiary/aromatic N) is 2. The zero-order valence-electron chi connectivity index (χ0n) is 11.7. The van der Waals surface area contributed by atoms with Crippen molar-refractivity contribution in [3.8, 4) is 11.3 Å². The first-order valence-electron chi connectivity index (χ1n) is 6.86. The van der Waals surface area contributed by atoms with E-state index in [0.717, 1.165) is 34.6 Å². The van der Waals surface area contributed by atoms with Gasteiger partial charge < -0.3 is 4.40 Å². The van der Waals surface area contributed by atoms with Gasteiger partial charge in [-0.2, -0.15) is 0 Å². The number of imidazole rings is 1. The Morgan fingerprint density at radius 2 is 1.90 bits per heavy atom. The topological polar surface area (TPSA) is 17.3 Å². The average molecular weight is 285 g/mol. The number of halogens is 1. The van der Waals surface area contributed by atoms with Crippen LogP contribution in [-0.2, 0) is 12.3 Å². The molecule has 0 unspecified atom stereocenters. The second-order valence-corrected chi connectivity index (χ2v) is 5.24. The quantitative estimate of drug-likeness (QED) is 0.642. The number of benzene rings is 1. The van der Waals surface area contributed by atoms with Gasteiger partial charge in [-0.1, -0.05) is 37.3 Å². The molecule has 0 radical (unpaired) electrons. The van der Waals surface area contributed by atoms with Crippen LogP contribution in [0.4, 0.5) is 0 Å². The first kappa shape index (κ1) is 13.2. The molecule has 20 heavy (non-hydrogen) atoms. The molecule has 2 nitrogen and oxygen atoms in total. The van der Waals surface area contributed by atoms with Gasteiger partial charge in [-0.05, 0) is 30.5 Å². The van der Waals surface area contributed by atoms with Gasteiger partial charge in [0.1, 0.15) is 5.65 Å². The molecule has 3 aromatic rings. The number of aromatic nitrogens is 2. The highest BCUT2D eigenvalue weighted by molar-refractivity contribution is 6.17. The Kier molecular flexibility index (Phi) is 3.49. The van der Waals surface area contributed by atoms with Crippen molar-refractivity contribution in [1.82, 2.24) is 9.38 Å². The average Bonchev–Trinajstić information content (AvgIpc) is 2.87. The second kappa shape index (κ2) is 5.29. The predicted octanol–water partition coefficient (Wildman–Crippen LogP) is 4.61. The maximum atomic E-state index is 6.15. The molecule has 2 aromatic heterocycles. The molecule has 0 amide bonds. The number of fused-ring (bicyclic) bond motifs is 1. The summed E-state index contributed by atoms with van der Waals surface area (Å²) in [4.78, 5) is 4.79.